The fourth-order valence-corrected chi connectivity index (χ4v) is 2.84. The normalized spacial score (nSPS) is 25.5. The SMILES string of the molecule is CC/C=C\C/C=C\C[C@H](O)[C@H]1C[C@@H](O)[C@H](/C=C/[C@@H](O)C/C=C\CCC(=O)O)O1. The van der Waals surface area contributed by atoms with Gasteiger partial charge in [0, 0.05) is 12.8 Å². The van der Waals surface area contributed by atoms with E-state index >= 15 is 0 Å². The number of allylic oxidation sites excluding steroid dienone is 4. The maximum absolute atomic E-state index is 10.4. The number of ether oxygens (including phenoxy) is 1. The number of aliphatic hydroxyl groups excluding tert-OH is 3. The monoisotopic (exact) mass is 394 g/mol. The van der Waals surface area contributed by atoms with Crippen molar-refractivity contribution >= 4 is 5.97 Å². The molecule has 0 spiro atoms. The van der Waals surface area contributed by atoms with Gasteiger partial charge in [-0.15, -0.1) is 0 Å². The minimum atomic E-state index is -0.849. The highest BCUT2D eigenvalue weighted by Gasteiger charge is 2.35. The molecule has 0 radical (unpaired) electrons. The predicted octanol–water partition coefficient (Wildman–Crippen LogP) is 2.90. The molecule has 1 fully saturated rings. The van der Waals surface area contributed by atoms with Crippen molar-refractivity contribution in [1.29, 1.82) is 0 Å². The summed E-state index contributed by atoms with van der Waals surface area (Å²) in [5.74, 6) is -0.849. The number of carboxylic acids is 1. The number of carboxylic acid groups (broad SMARTS) is 1. The quantitative estimate of drug-likeness (QED) is 0.358. The highest BCUT2D eigenvalue weighted by molar-refractivity contribution is 5.66. The van der Waals surface area contributed by atoms with Crippen LogP contribution in [0.3, 0.4) is 0 Å². The van der Waals surface area contributed by atoms with Crippen molar-refractivity contribution in [3.63, 3.8) is 0 Å². The minimum Gasteiger partial charge on any atom is -0.481 e. The van der Waals surface area contributed by atoms with E-state index in [1.54, 1.807) is 24.3 Å². The fourth-order valence-electron chi connectivity index (χ4n) is 2.84. The molecule has 1 aliphatic heterocycles. The van der Waals surface area contributed by atoms with Gasteiger partial charge in [-0.3, -0.25) is 4.79 Å². The maximum atomic E-state index is 10.4. The fraction of sp³-hybridized carbons (Fsp3) is 0.591. The molecule has 1 heterocycles. The summed E-state index contributed by atoms with van der Waals surface area (Å²) in [4.78, 5) is 10.4. The topological polar surface area (TPSA) is 107 Å². The Bertz CT molecular complexity index is 551. The summed E-state index contributed by atoms with van der Waals surface area (Å²) in [6.45, 7) is 2.08. The third-order valence-corrected chi connectivity index (χ3v) is 4.42. The van der Waals surface area contributed by atoms with Gasteiger partial charge in [0.05, 0.1) is 24.4 Å². The molecule has 0 aromatic carbocycles. The van der Waals surface area contributed by atoms with Gasteiger partial charge in [0.2, 0.25) is 0 Å². The van der Waals surface area contributed by atoms with Crippen LogP contribution in [0.4, 0.5) is 0 Å². The minimum absolute atomic E-state index is 0.0683. The second-order valence-electron chi connectivity index (χ2n) is 6.92. The number of rotatable bonds is 13. The van der Waals surface area contributed by atoms with Crippen LogP contribution in [-0.2, 0) is 9.53 Å². The van der Waals surface area contributed by atoms with Crippen molar-refractivity contribution in [2.45, 2.75) is 82.4 Å². The van der Waals surface area contributed by atoms with Crippen LogP contribution in [0.15, 0.2) is 48.6 Å². The number of aliphatic hydroxyl groups is 3. The molecular weight excluding hydrogens is 360 g/mol. The summed E-state index contributed by atoms with van der Waals surface area (Å²) in [7, 11) is 0. The Kier molecular flexibility index (Phi) is 12.4. The molecule has 6 nitrogen and oxygen atoms in total. The highest BCUT2D eigenvalue weighted by atomic mass is 16.5. The summed E-state index contributed by atoms with van der Waals surface area (Å²) in [5, 5.41) is 38.8. The molecule has 0 aromatic rings. The van der Waals surface area contributed by atoms with Crippen molar-refractivity contribution in [2.24, 2.45) is 0 Å². The molecule has 158 valence electrons. The van der Waals surface area contributed by atoms with Crippen LogP contribution < -0.4 is 0 Å². The molecule has 0 aliphatic carbocycles. The van der Waals surface area contributed by atoms with Crippen molar-refractivity contribution in [2.75, 3.05) is 0 Å². The number of hydrogen-bond acceptors (Lipinski definition) is 5. The van der Waals surface area contributed by atoms with E-state index in [2.05, 4.69) is 19.1 Å². The zero-order valence-corrected chi connectivity index (χ0v) is 16.6. The molecule has 0 aromatic heterocycles. The van der Waals surface area contributed by atoms with Gasteiger partial charge in [-0.2, -0.15) is 0 Å². The first-order chi connectivity index (χ1) is 13.4. The molecule has 1 rings (SSSR count). The van der Waals surface area contributed by atoms with Gasteiger partial charge in [-0.1, -0.05) is 55.5 Å². The standard InChI is InChI=1S/C22H34O6/c1-2-3-4-5-6-9-12-18(24)21-16-19(25)20(28-21)15-14-17(23)11-8-7-10-13-22(26)27/h3-4,6-9,14-15,17-21,23-25H,2,5,10-13,16H2,1H3,(H,26,27)/b4-3-,8-7-,9-6-,15-14+/t17-,18-,19+,20-,21+/m0/s1. The summed E-state index contributed by atoms with van der Waals surface area (Å²) in [6, 6.07) is 0. The smallest absolute Gasteiger partial charge is 0.303 e. The Labute approximate surface area is 167 Å². The van der Waals surface area contributed by atoms with E-state index in [-0.39, 0.29) is 6.42 Å². The summed E-state index contributed by atoms with van der Waals surface area (Å²) < 4.78 is 5.72. The van der Waals surface area contributed by atoms with Crippen molar-refractivity contribution in [3.8, 4) is 0 Å². The molecule has 1 aliphatic rings. The lowest BCUT2D eigenvalue weighted by atomic mass is 10.0. The van der Waals surface area contributed by atoms with E-state index in [0.717, 1.165) is 12.8 Å². The van der Waals surface area contributed by atoms with Crippen LogP contribution in [-0.4, -0.2) is 56.9 Å². The Hall–Kier alpha value is -1.73. The first-order valence-electron chi connectivity index (χ1n) is 9.98. The van der Waals surface area contributed by atoms with E-state index in [1.165, 1.54) is 0 Å². The van der Waals surface area contributed by atoms with Crippen molar-refractivity contribution in [1.82, 2.24) is 0 Å². The molecule has 6 heteroatoms. The lowest BCUT2D eigenvalue weighted by molar-refractivity contribution is -0.136. The third-order valence-electron chi connectivity index (χ3n) is 4.42. The molecule has 5 atom stereocenters. The second kappa shape index (κ2) is 14.3. The average molecular weight is 395 g/mol. The van der Waals surface area contributed by atoms with Gasteiger partial charge in [-0.05, 0) is 32.1 Å². The van der Waals surface area contributed by atoms with E-state index in [9.17, 15) is 20.1 Å². The van der Waals surface area contributed by atoms with Gasteiger partial charge >= 0.3 is 5.97 Å². The molecule has 0 unspecified atom stereocenters. The molecule has 0 saturated carbocycles. The number of hydrogen-bond donors (Lipinski definition) is 4. The van der Waals surface area contributed by atoms with Crippen LogP contribution in [0, 0.1) is 0 Å². The lowest BCUT2D eigenvalue weighted by Crippen LogP contribution is -2.25. The molecule has 0 bridgehead atoms. The summed E-state index contributed by atoms with van der Waals surface area (Å²) >= 11 is 0. The Morgan fingerprint density at radius 3 is 2.54 bits per heavy atom. The van der Waals surface area contributed by atoms with Crippen molar-refractivity contribution < 1.29 is 30.0 Å². The third kappa shape index (κ3) is 10.6. The van der Waals surface area contributed by atoms with Crippen LogP contribution in [0.25, 0.3) is 0 Å². The molecule has 28 heavy (non-hydrogen) atoms. The largest absolute Gasteiger partial charge is 0.481 e. The second-order valence-corrected chi connectivity index (χ2v) is 6.92. The first kappa shape index (κ1) is 24.3. The van der Waals surface area contributed by atoms with E-state index < -0.39 is 36.5 Å². The molecule has 4 N–H and O–H groups in total. The summed E-state index contributed by atoms with van der Waals surface area (Å²) in [5.41, 5.74) is 0. The zero-order chi connectivity index (χ0) is 20.8. The van der Waals surface area contributed by atoms with Gasteiger partial charge in [-0.25, -0.2) is 0 Å². The number of carbonyl (C=O) groups is 1. The molecule has 0 amide bonds. The van der Waals surface area contributed by atoms with E-state index in [1.807, 2.05) is 12.2 Å². The molecule has 1 saturated heterocycles. The van der Waals surface area contributed by atoms with Crippen LogP contribution in [0.5, 0.6) is 0 Å². The first-order valence-corrected chi connectivity index (χ1v) is 9.98. The van der Waals surface area contributed by atoms with Crippen LogP contribution >= 0.6 is 0 Å². The van der Waals surface area contributed by atoms with Gasteiger partial charge in [0.25, 0.3) is 0 Å². The summed E-state index contributed by atoms with van der Waals surface area (Å²) in [6.07, 6.45) is 15.1. The number of aliphatic carboxylic acids is 1. The Balaban J connectivity index is 2.34. The average Bonchev–Trinajstić information content (AvgIpc) is 3.03. The van der Waals surface area contributed by atoms with E-state index in [4.69, 9.17) is 9.84 Å². The van der Waals surface area contributed by atoms with Gasteiger partial charge in [0.15, 0.2) is 0 Å². The van der Waals surface area contributed by atoms with Crippen molar-refractivity contribution in [3.05, 3.63) is 48.6 Å². The Morgan fingerprint density at radius 2 is 1.82 bits per heavy atom. The maximum Gasteiger partial charge on any atom is 0.303 e. The molecular formula is C22H34O6. The van der Waals surface area contributed by atoms with Gasteiger partial charge in [0.1, 0.15) is 6.10 Å². The highest BCUT2D eigenvalue weighted by Crippen LogP contribution is 2.25. The van der Waals surface area contributed by atoms with E-state index in [0.29, 0.717) is 25.7 Å². The lowest BCUT2D eigenvalue weighted by Gasteiger charge is -2.16. The predicted molar refractivity (Wildman–Crippen MR) is 109 cm³/mol. The zero-order valence-electron chi connectivity index (χ0n) is 16.6. The van der Waals surface area contributed by atoms with Gasteiger partial charge < -0.3 is 25.2 Å². The van der Waals surface area contributed by atoms with Crippen LogP contribution in [0.1, 0.15) is 51.9 Å². The Morgan fingerprint density at radius 1 is 1.11 bits per heavy atom. The van der Waals surface area contributed by atoms with Crippen LogP contribution in [0.2, 0.25) is 0 Å².